The van der Waals surface area contributed by atoms with Gasteiger partial charge in [0.05, 0.1) is 12.2 Å². The fourth-order valence-corrected chi connectivity index (χ4v) is 6.08. The molecule has 2 aromatic carbocycles. The van der Waals surface area contributed by atoms with Crippen LogP contribution in [0.4, 0.5) is 4.39 Å². The zero-order chi connectivity index (χ0) is 26.2. The lowest BCUT2D eigenvalue weighted by molar-refractivity contribution is -0.149. The number of rotatable bonds is 8. The lowest BCUT2D eigenvalue weighted by Crippen LogP contribution is -2.34. The third-order valence-corrected chi connectivity index (χ3v) is 7.58. The van der Waals surface area contributed by atoms with E-state index in [9.17, 15) is 22.9 Å². The average Bonchev–Trinajstić information content (AvgIpc) is 3.32. The quantitative estimate of drug-likeness (QED) is 0.184. The van der Waals surface area contributed by atoms with E-state index in [0.717, 1.165) is 12.3 Å². The van der Waals surface area contributed by atoms with Crippen molar-refractivity contribution in [2.45, 2.75) is 28.2 Å². The summed E-state index contributed by atoms with van der Waals surface area (Å²) in [6.07, 6.45) is -1.44. The summed E-state index contributed by atoms with van der Waals surface area (Å²) in [7, 11) is -3.86. The zero-order valence-electron chi connectivity index (χ0n) is 18.7. The monoisotopic (exact) mass is 695 g/mol. The van der Waals surface area contributed by atoms with Gasteiger partial charge in [0.1, 0.15) is 17.9 Å². The minimum atomic E-state index is -3.86. The third-order valence-electron chi connectivity index (χ3n) is 5.67. The standard InChI is InChI=1S/C23H21Br3FNO6S/c1-22(2)18(20(23(24,25)26)34-35(3,30)31)19(22)21(29)33-17(12-28)13-9-10-15(27)16(11-13)32-14-7-5-4-6-8-14/h4-11,17-20H,1-3H3/t17-,18-,19+,20-/m1/s1. The first-order valence-electron chi connectivity index (χ1n) is 10.2. The van der Waals surface area contributed by atoms with Crippen molar-refractivity contribution >= 4 is 63.9 Å². The Balaban J connectivity index is 1.81. The summed E-state index contributed by atoms with van der Waals surface area (Å²) in [4.78, 5) is 13.1. The minimum Gasteiger partial charge on any atom is -0.454 e. The van der Waals surface area contributed by atoms with Crippen LogP contribution < -0.4 is 4.74 Å². The van der Waals surface area contributed by atoms with Crippen LogP contribution in [0.15, 0.2) is 48.5 Å². The van der Waals surface area contributed by atoms with E-state index in [2.05, 4.69) is 47.8 Å². The highest BCUT2D eigenvalue weighted by Gasteiger charge is 2.69. The average molecular weight is 698 g/mol. The molecule has 4 atom stereocenters. The molecule has 1 fully saturated rings. The molecule has 3 rings (SSSR count). The third kappa shape index (κ3) is 6.83. The molecule has 1 saturated carbocycles. The van der Waals surface area contributed by atoms with Crippen molar-refractivity contribution in [3.63, 3.8) is 0 Å². The van der Waals surface area contributed by atoms with E-state index in [4.69, 9.17) is 13.7 Å². The van der Waals surface area contributed by atoms with Gasteiger partial charge in [0.15, 0.2) is 13.7 Å². The molecule has 0 bridgehead atoms. The van der Waals surface area contributed by atoms with Crippen molar-refractivity contribution in [1.82, 2.24) is 0 Å². The maximum Gasteiger partial charge on any atom is 0.311 e. The largest absolute Gasteiger partial charge is 0.454 e. The Hall–Kier alpha value is -1.52. The van der Waals surface area contributed by atoms with Gasteiger partial charge in [-0.15, -0.1) is 0 Å². The highest BCUT2D eigenvalue weighted by Crippen LogP contribution is 2.65. The molecular weight excluding hydrogens is 677 g/mol. The van der Waals surface area contributed by atoms with Crippen LogP contribution in [0.3, 0.4) is 0 Å². The van der Waals surface area contributed by atoms with Gasteiger partial charge in [0.2, 0.25) is 6.10 Å². The van der Waals surface area contributed by atoms with Crippen molar-refractivity contribution in [2.75, 3.05) is 6.26 Å². The Morgan fingerprint density at radius 2 is 1.80 bits per heavy atom. The van der Waals surface area contributed by atoms with E-state index in [1.54, 1.807) is 44.2 Å². The van der Waals surface area contributed by atoms with Crippen LogP contribution in [0.1, 0.15) is 25.5 Å². The molecule has 0 N–H and O–H groups in total. The summed E-state index contributed by atoms with van der Waals surface area (Å²) in [5.74, 6) is -2.42. The molecule has 0 radical (unpaired) electrons. The highest BCUT2D eigenvalue weighted by molar-refractivity contribution is 9.39. The minimum absolute atomic E-state index is 0.126. The first kappa shape index (κ1) is 28.1. The predicted molar refractivity (Wildman–Crippen MR) is 137 cm³/mol. The second kappa shape index (κ2) is 10.5. The van der Waals surface area contributed by atoms with Gasteiger partial charge in [-0.25, -0.2) is 4.39 Å². The van der Waals surface area contributed by atoms with E-state index in [1.807, 2.05) is 6.07 Å². The lowest BCUT2D eigenvalue weighted by Gasteiger charge is -2.25. The normalized spacial score (nSPS) is 20.9. The number of halogens is 4. The van der Waals surface area contributed by atoms with Crippen LogP contribution in [0.5, 0.6) is 11.5 Å². The van der Waals surface area contributed by atoms with Gasteiger partial charge in [-0.05, 0) is 29.7 Å². The maximum atomic E-state index is 14.3. The molecule has 0 amide bonds. The Morgan fingerprint density at radius 3 is 2.34 bits per heavy atom. The molecule has 0 aromatic heterocycles. The summed E-state index contributed by atoms with van der Waals surface area (Å²) in [6, 6.07) is 14.2. The van der Waals surface area contributed by atoms with Crippen molar-refractivity contribution in [3.05, 3.63) is 59.9 Å². The Labute approximate surface area is 228 Å². The molecule has 0 unspecified atom stereocenters. The van der Waals surface area contributed by atoms with Crippen LogP contribution in [0.2, 0.25) is 0 Å². The topological polar surface area (TPSA) is 103 Å². The number of ether oxygens (including phenoxy) is 2. The Morgan fingerprint density at radius 1 is 1.17 bits per heavy atom. The van der Waals surface area contributed by atoms with Crippen molar-refractivity contribution < 1.29 is 31.3 Å². The summed E-state index contributed by atoms with van der Waals surface area (Å²) in [5.41, 5.74) is -0.472. The molecule has 7 nitrogen and oxygen atoms in total. The molecule has 2 aromatic rings. The number of carbonyl (C=O) groups excluding carboxylic acids is 1. The van der Waals surface area contributed by atoms with Gasteiger partial charge >= 0.3 is 5.97 Å². The zero-order valence-corrected chi connectivity index (χ0v) is 24.3. The van der Waals surface area contributed by atoms with Crippen LogP contribution in [-0.4, -0.2) is 28.9 Å². The molecule has 188 valence electrons. The lowest BCUT2D eigenvalue weighted by atomic mass is 10.1. The van der Waals surface area contributed by atoms with E-state index in [-0.39, 0.29) is 11.3 Å². The number of esters is 1. The molecule has 0 spiro atoms. The molecule has 35 heavy (non-hydrogen) atoms. The SMILES string of the molecule is CC1(C)[C@@H]([C@@H](OS(C)(=O)=O)C(Br)(Br)Br)[C@H]1C(=O)O[C@H](C#N)c1ccc(F)c(Oc2ccccc2)c1. The van der Waals surface area contributed by atoms with Gasteiger partial charge in [-0.1, -0.05) is 85.9 Å². The van der Waals surface area contributed by atoms with E-state index in [0.29, 0.717) is 5.75 Å². The van der Waals surface area contributed by atoms with Crippen LogP contribution in [-0.2, 0) is 23.8 Å². The number of nitriles is 1. The van der Waals surface area contributed by atoms with Crippen molar-refractivity contribution in [3.8, 4) is 17.6 Å². The molecule has 0 heterocycles. The molecule has 12 heteroatoms. The van der Waals surface area contributed by atoms with E-state index >= 15 is 0 Å². The molecular formula is C23H21Br3FNO6S. The van der Waals surface area contributed by atoms with E-state index in [1.165, 1.54) is 12.1 Å². The highest BCUT2D eigenvalue weighted by atomic mass is 80.0. The first-order chi connectivity index (χ1) is 16.1. The number of para-hydroxylation sites is 1. The van der Waals surface area contributed by atoms with Gasteiger partial charge in [-0.3, -0.25) is 8.98 Å². The van der Waals surface area contributed by atoms with Crippen LogP contribution in [0, 0.1) is 34.4 Å². The second-order valence-electron chi connectivity index (χ2n) is 8.64. The smallest absolute Gasteiger partial charge is 0.311 e. The number of hydrogen-bond acceptors (Lipinski definition) is 7. The van der Waals surface area contributed by atoms with Gasteiger partial charge in [0.25, 0.3) is 10.1 Å². The fourth-order valence-electron chi connectivity index (χ4n) is 3.93. The van der Waals surface area contributed by atoms with Gasteiger partial charge < -0.3 is 9.47 Å². The second-order valence-corrected chi connectivity index (χ2v) is 17.2. The predicted octanol–water partition coefficient (Wildman–Crippen LogP) is 6.18. The van der Waals surface area contributed by atoms with Gasteiger partial charge in [0, 0.05) is 11.5 Å². The fraction of sp³-hybridized carbons (Fsp3) is 0.391. The number of benzene rings is 2. The summed E-state index contributed by atoms with van der Waals surface area (Å²) in [6.45, 7) is 3.54. The number of hydrogen-bond donors (Lipinski definition) is 0. The van der Waals surface area contributed by atoms with Crippen molar-refractivity contribution in [1.29, 1.82) is 5.26 Å². The Bertz CT molecular complexity index is 1240. The van der Waals surface area contributed by atoms with Crippen LogP contribution in [0.25, 0.3) is 0 Å². The molecule has 0 aliphatic heterocycles. The summed E-state index contributed by atoms with van der Waals surface area (Å²) >= 11 is 9.90. The summed E-state index contributed by atoms with van der Waals surface area (Å²) in [5, 5.41) is 9.68. The van der Waals surface area contributed by atoms with Crippen molar-refractivity contribution in [2.24, 2.45) is 17.3 Å². The Kier molecular flexibility index (Phi) is 8.38. The van der Waals surface area contributed by atoms with Gasteiger partial charge in [-0.2, -0.15) is 13.7 Å². The maximum absolute atomic E-state index is 14.3. The molecule has 1 aliphatic rings. The molecule has 1 aliphatic carbocycles. The van der Waals surface area contributed by atoms with Crippen LogP contribution >= 0.6 is 47.8 Å². The molecule has 0 saturated heterocycles. The van der Waals surface area contributed by atoms with E-state index < -0.39 is 53.5 Å². The number of nitrogens with zero attached hydrogens (tertiary/aromatic N) is 1. The first-order valence-corrected chi connectivity index (χ1v) is 14.4. The number of carbonyl (C=O) groups is 1. The summed E-state index contributed by atoms with van der Waals surface area (Å²) < 4.78 is 53.1. The number of alkyl halides is 3.